The monoisotopic (exact) mass is 289 g/mol. The minimum absolute atomic E-state index is 0.00175. The van der Waals surface area contributed by atoms with Gasteiger partial charge in [0.05, 0.1) is 22.8 Å². The van der Waals surface area contributed by atoms with E-state index in [4.69, 9.17) is 4.74 Å². The van der Waals surface area contributed by atoms with E-state index >= 15 is 0 Å². The fourth-order valence-electron chi connectivity index (χ4n) is 2.07. The van der Waals surface area contributed by atoms with Crippen molar-refractivity contribution in [3.05, 3.63) is 51.8 Å². The molecule has 0 saturated heterocycles. The zero-order valence-electron chi connectivity index (χ0n) is 12.6. The van der Waals surface area contributed by atoms with E-state index in [2.05, 4.69) is 5.43 Å². The lowest BCUT2D eigenvalue weighted by Crippen LogP contribution is -2.13. The lowest BCUT2D eigenvalue weighted by molar-refractivity contribution is -0.384. The highest BCUT2D eigenvalue weighted by atomic mass is 16.6. The Morgan fingerprint density at radius 3 is 2.33 bits per heavy atom. The van der Waals surface area contributed by atoms with Gasteiger partial charge in [0.15, 0.2) is 0 Å². The average Bonchev–Trinajstić information content (AvgIpc) is 2.69. The SMILES string of the molecule is Cc1ccc(C)n1Nc1cc(OC(C)C)cc([N+](=O)[O-])c1. The van der Waals surface area contributed by atoms with Crippen LogP contribution in [-0.2, 0) is 0 Å². The van der Waals surface area contributed by atoms with Crippen molar-refractivity contribution < 1.29 is 9.66 Å². The second-order valence-electron chi connectivity index (χ2n) is 5.20. The Labute approximate surface area is 123 Å². The second kappa shape index (κ2) is 5.87. The van der Waals surface area contributed by atoms with Gasteiger partial charge < -0.3 is 4.74 Å². The zero-order valence-corrected chi connectivity index (χ0v) is 12.6. The maximum atomic E-state index is 11.0. The van der Waals surface area contributed by atoms with Crippen LogP contribution in [0.3, 0.4) is 0 Å². The molecule has 6 nitrogen and oxygen atoms in total. The van der Waals surface area contributed by atoms with Gasteiger partial charge in [0, 0.05) is 23.5 Å². The van der Waals surface area contributed by atoms with Gasteiger partial charge in [0.1, 0.15) is 5.75 Å². The average molecular weight is 289 g/mol. The number of ether oxygens (including phenoxy) is 1. The van der Waals surface area contributed by atoms with Gasteiger partial charge in [-0.05, 0) is 39.8 Å². The van der Waals surface area contributed by atoms with Gasteiger partial charge in [-0.15, -0.1) is 0 Å². The van der Waals surface area contributed by atoms with Gasteiger partial charge in [-0.2, -0.15) is 0 Å². The summed E-state index contributed by atoms with van der Waals surface area (Å²) in [6, 6.07) is 8.63. The first-order chi connectivity index (χ1) is 9.86. The molecule has 1 aromatic heterocycles. The quantitative estimate of drug-likeness (QED) is 0.673. The molecule has 0 spiro atoms. The van der Waals surface area contributed by atoms with Gasteiger partial charge in [0.25, 0.3) is 5.69 Å². The van der Waals surface area contributed by atoms with Gasteiger partial charge in [-0.1, -0.05) is 0 Å². The van der Waals surface area contributed by atoms with Gasteiger partial charge in [-0.25, -0.2) is 0 Å². The normalized spacial score (nSPS) is 10.7. The van der Waals surface area contributed by atoms with E-state index in [9.17, 15) is 10.1 Å². The number of aromatic nitrogens is 1. The third kappa shape index (κ3) is 3.53. The molecular formula is C15H19N3O3. The molecule has 0 amide bonds. The molecule has 0 atom stereocenters. The van der Waals surface area contributed by atoms with Crippen molar-refractivity contribution >= 4 is 11.4 Å². The largest absolute Gasteiger partial charge is 0.491 e. The maximum Gasteiger partial charge on any atom is 0.275 e. The standard InChI is InChI=1S/C15H19N3O3/c1-10(2)21-15-8-13(7-14(9-15)18(19)20)16-17-11(3)5-6-12(17)4/h5-10,16H,1-4H3. The number of rotatable bonds is 5. The third-order valence-corrected chi connectivity index (χ3v) is 2.99. The van der Waals surface area contributed by atoms with Crippen molar-refractivity contribution in [1.29, 1.82) is 0 Å². The summed E-state index contributed by atoms with van der Waals surface area (Å²) in [4.78, 5) is 10.6. The topological polar surface area (TPSA) is 69.3 Å². The number of anilines is 1. The van der Waals surface area contributed by atoms with Crippen LogP contribution in [-0.4, -0.2) is 15.7 Å². The van der Waals surface area contributed by atoms with Crippen LogP contribution in [0.25, 0.3) is 0 Å². The highest BCUT2D eigenvalue weighted by Gasteiger charge is 2.12. The molecule has 0 fully saturated rings. The number of non-ortho nitro benzene ring substituents is 1. The molecule has 1 heterocycles. The van der Waals surface area contributed by atoms with E-state index < -0.39 is 4.92 Å². The fourth-order valence-corrected chi connectivity index (χ4v) is 2.07. The third-order valence-electron chi connectivity index (χ3n) is 2.99. The number of benzene rings is 1. The van der Waals surface area contributed by atoms with Gasteiger partial charge in [0.2, 0.25) is 0 Å². The van der Waals surface area contributed by atoms with E-state index in [1.807, 2.05) is 44.5 Å². The molecule has 0 saturated carbocycles. The Morgan fingerprint density at radius 1 is 1.19 bits per heavy atom. The summed E-state index contributed by atoms with van der Waals surface area (Å²) in [5.74, 6) is 0.476. The Bertz CT molecular complexity index is 643. The second-order valence-corrected chi connectivity index (χ2v) is 5.20. The number of nitrogens with zero attached hydrogens (tertiary/aromatic N) is 2. The van der Waals surface area contributed by atoms with Crippen LogP contribution >= 0.6 is 0 Å². The Kier molecular flexibility index (Phi) is 4.16. The molecule has 6 heteroatoms. The molecule has 0 aliphatic heterocycles. The molecule has 1 N–H and O–H groups in total. The van der Waals surface area contributed by atoms with E-state index in [1.165, 1.54) is 12.1 Å². The van der Waals surface area contributed by atoms with Crippen LogP contribution in [0.2, 0.25) is 0 Å². The summed E-state index contributed by atoms with van der Waals surface area (Å²) in [7, 11) is 0. The molecule has 112 valence electrons. The van der Waals surface area contributed by atoms with Gasteiger partial charge in [-0.3, -0.25) is 20.2 Å². The van der Waals surface area contributed by atoms with Crippen molar-refractivity contribution in [2.45, 2.75) is 33.8 Å². The number of nitro groups is 1. The fraction of sp³-hybridized carbons (Fsp3) is 0.333. The predicted molar refractivity (Wildman–Crippen MR) is 81.8 cm³/mol. The van der Waals surface area contributed by atoms with Crippen LogP contribution < -0.4 is 10.2 Å². The summed E-state index contributed by atoms with van der Waals surface area (Å²) >= 11 is 0. The van der Waals surface area contributed by atoms with E-state index in [1.54, 1.807) is 6.07 Å². The first kappa shape index (κ1) is 14.9. The summed E-state index contributed by atoms with van der Waals surface area (Å²) in [5.41, 5.74) is 5.81. The maximum absolute atomic E-state index is 11.0. The van der Waals surface area contributed by atoms with Crippen molar-refractivity contribution in [2.75, 3.05) is 5.43 Å². The van der Waals surface area contributed by atoms with E-state index in [0.29, 0.717) is 11.4 Å². The van der Waals surface area contributed by atoms with Crippen LogP contribution in [0.5, 0.6) is 5.75 Å². The molecule has 0 aliphatic rings. The van der Waals surface area contributed by atoms with Crippen molar-refractivity contribution in [2.24, 2.45) is 0 Å². The Morgan fingerprint density at radius 2 is 1.81 bits per heavy atom. The van der Waals surface area contributed by atoms with Crippen LogP contribution in [0.15, 0.2) is 30.3 Å². The highest BCUT2D eigenvalue weighted by Crippen LogP contribution is 2.27. The smallest absolute Gasteiger partial charge is 0.275 e. The Hall–Kier alpha value is -2.50. The molecule has 0 radical (unpaired) electrons. The predicted octanol–water partition coefficient (Wildman–Crippen LogP) is 3.68. The van der Waals surface area contributed by atoms with E-state index in [-0.39, 0.29) is 11.8 Å². The first-order valence-corrected chi connectivity index (χ1v) is 6.75. The van der Waals surface area contributed by atoms with Crippen LogP contribution in [0, 0.1) is 24.0 Å². The number of hydrogen-bond donors (Lipinski definition) is 1. The van der Waals surface area contributed by atoms with Gasteiger partial charge >= 0.3 is 0 Å². The lowest BCUT2D eigenvalue weighted by atomic mass is 10.2. The van der Waals surface area contributed by atoms with E-state index in [0.717, 1.165) is 11.4 Å². The molecule has 2 rings (SSSR count). The Balaban J connectivity index is 2.38. The number of aryl methyl sites for hydroxylation is 2. The van der Waals surface area contributed by atoms with Crippen LogP contribution in [0.4, 0.5) is 11.4 Å². The molecule has 0 aliphatic carbocycles. The summed E-state index contributed by atoms with van der Waals surface area (Å²) in [5, 5.41) is 11.0. The zero-order chi connectivity index (χ0) is 15.6. The molecular weight excluding hydrogens is 270 g/mol. The molecule has 1 aromatic carbocycles. The summed E-state index contributed by atoms with van der Waals surface area (Å²) in [6.45, 7) is 7.68. The summed E-state index contributed by atoms with van der Waals surface area (Å²) in [6.07, 6.45) is -0.0464. The van der Waals surface area contributed by atoms with Crippen molar-refractivity contribution in [3.63, 3.8) is 0 Å². The number of nitro benzene ring substituents is 1. The van der Waals surface area contributed by atoms with Crippen molar-refractivity contribution in [3.8, 4) is 5.75 Å². The first-order valence-electron chi connectivity index (χ1n) is 6.75. The minimum Gasteiger partial charge on any atom is -0.491 e. The molecule has 21 heavy (non-hydrogen) atoms. The molecule has 0 unspecified atom stereocenters. The highest BCUT2D eigenvalue weighted by molar-refractivity contribution is 5.56. The number of hydrogen-bond acceptors (Lipinski definition) is 4. The van der Waals surface area contributed by atoms with Crippen molar-refractivity contribution in [1.82, 2.24) is 4.68 Å². The lowest BCUT2D eigenvalue weighted by Gasteiger charge is -2.15. The number of nitrogens with one attached hydrogen (secondary N) is 1. The molecule has 0 bridgehead atoms. The molecule has 2 aromatic rings. The minimum atomic E-state index is -0.423. The van der Waals surface area contributed by atoms with Crippen LogP contribution in [0.1, 0.15) is 25.2 Å². The summed E-state index contributed by atoms with van der Waals surface area (Å²) < 4.78 is 7.44.